The van der Waals surface area contributed by atoms with Crippen molar-refractivity contribution in [1.29, 1.82) is 0 Å². The third kappa shape index (κ3) is 4.70. The molecule has 32 heavy (non-hydrogen) atoms. The van der Waals surface area contributed by atoms with Crippen LogP contribution in [0.4, 0.5) is 5.82 Å². The zero-order chi connectivity index (χ0) is 21.9. The summed E-state index contributed by atoms with van der Waals surface area (Å²) in [5.74, 6) is 1.05. The number of aromatic nitrogens is 3. The molecule has 1 N–H and O–H groups in total. The van der Waals surface area contributed by atoms with E-state index >= 15 is 0 Å². The normalized spacial score (nSPS) is 22.9. The summed E-state index contributed by atoms with van der Waals surface area (Å²) in [7, 11) is 0. The summed E-state index contributed by atoms with van der Waals surface area (Å²) in [6.45, 7) is 8.49. The first-order chi connectivity index (χ1) is 15.7. The fraction of sp³-hybridized carbons (Fsp3) is 0.440. The summed E-state index contributed by atoms with van der Waals surface area (Å²) in [6, 6.07) is 14.7. The first-order valence-electron chi connectivity index (χ1n) is 11.6. The van der Waals surface area contributed by atoms with E-state index in [4.69, 9.17) is 0 Å². The highest BCUT2D eigenvalue weighted by atomic mass is 16.3. The molecule has 2 saturated heterocycles. The average molecular weight is 433 g/mol. The van der Waals surface area contributed by atoms with Crippen LogP contribution in [0.1, 0.15) is 17.5 Å². The molecule has 2 aliphatic rings. The molecule has 3 aromatic rings. The number of likely N-dealkylation sites (tertiary alicyclic amines) is 1. The Bertz CT molecular complexity index is 997. The zero-order valence-electron chi connectivity index (χ0n) is 18.7. The predicted molar refractivity (Wildman–Crippen MR) is 126 cm³/mol. The lowest BCUT2D eigenvalue weighted by molar-refractivity contribution is -0.0172. The molecule has 168 valence electrons. The lowest BCUT2D eigenvalue weighted by Crippen LogP contribution is -2.58. The van der Waals surface area contributed by atoms with Crippen LogP contribution in [0.3, 0.4) is 0 Å². The molecular weight excluding hydrogens is 400 g/mol. The fourth-order valence-corrected chi connectivity index (χ4v) is 4.92. The molecule has 0 spiro atoms. The Morgan fingerprint density at radius 2 is 1.81 bits per heavy atom. The number of piperidine rings is 1. The molecule has 5 rings (SSSR count). The van der Waals surface area contributed by atoms with Crippen LogP contribution in [0.5, 0.6) is 0 Å². The molecule has 0 radical (unpaired) electrons. The molecule has 1 aromatic carbocycles. The summed E-state index contributed by atoms with van der Waals surface area (Å²) in [4.78, 5) is 11.6. The van der Waals surface area contributed by atoms with Crippen molar-refractivity contribution >= 4 is 5.82 Å². The number of piperazine rings is 1. The van der Waals surface area contributed by atoms with Crippen molar-refractivity contribution in [3.63, 3.8) is 0 Å². The van der Waals surface area contributed by atoms with Gasteiger partial charge in [-0.1, -0.05) is 23.8 Å². The van der Waals surface area contributed by atoms with Gasteiger partial charge in [0.1, 0.15) is 5.82 Å². The molecule has 0 saturated carbocycles. The van der Waals surface area contributed by atoms with Crippen LogP contribution < -0.4 is 4.90 Å². The standard InChI is InChI=1S/C25H32N6O/c1-20-5-7-22(8-6-20)31-18-21(16-27-31)17-28-11-9-23(24(32)19-28)29-12-14-30(15-13-29)25-4-2-3-10-26-25/h2-8,10,16,18,23-24,32H,9,11-15,17,19H2,1H3/t23-,24-/m1/s1. The number of pyridine rings is 1. The molecule has 2 aromatic heterocycles. The van der Waals surface area contributed by atoms with Gasteiger partial charge in [-0.15, -0.1) is 0 Å². The van der Waals surface area contributed by atoms with E-state index in [2.05, 4.69) is 68.2 Å². The molecule has 0 amide bonds. The Kier molecular flexibility index (Phi) is 6.21. The molecule has 7 nitrogen and oxygen atoms in total. The molecule has 0 aliphatic carbocycles. The number of aliphatic hydroxyl groups is 1. The van der Waals surface area contributed by atoms with E-state index in [-0.39, 0.29) is 12.1 Å². The van der Waals surface area contributed by atoms with Crippen molar-refractivity contribution in [3.05, 3.63) is 72.2 Å². The van der Waals surface area contributed by atoms with Crippen molar-refractivity contribution in [3.8, 4) is 5.69 Å². The number of β-amino-alcohol motifs (C(OH)–C–C–N with tert-alkyl or cyclic N) is 1. The lowest BCUT2D eigenvalue weighted by Gasteiger charge is -2.45. The highest BCUT2D eigenvalue weighted by Gasteiger charge is 2.33. The van der Waals surface area contributed by atoms with Crippen LogP contribution in [-0.4, -0.2) is 81.1 Å². The molecule has 0 bridgehead atoms. The second-order valence-corrected chi connectivity index (χ2v) is 9.00. The highest BCUT2D eigenvalue weighted by molar-refractivity contribution is 5.38. The summed E-state index contributed by atoms with van der Waals surface area (Å²) in [5.41, 5.74) is 3.50. The van der Waals surface area contributed by atoms with Crippen LogP contribution in [0.2, 0.25) is 0 Å². The van der Waals surface area contributed by atoms with Gasteiger partial charge in [0, 0.05) is 69.8 Å². The number of nitrogens with zero attached hydrogens (tertiary/aromatic N) is 6. The van der Waals surface area contributed by atoms with Gasteiger partial charge in [-0.25, -0.2) is 9.67 Å². The molecule has 2 aliphatic heterocycles. The van der Waals surface area contributed by atoms with Gasteiger partial charge in [0.05, 0.1) is 18.0 Å². The summed E-state index contributed by atoms with van der Waals surface area (Å²) in [6.07, 6.45) is 6.56. The minimum Gasteiger partial charge on any atom is -0.390 e. The largest absolute Gasteiger partial charge is 0.390 e. The third-order valence-electron chi connectivity index (χ3n) is 6.73. The zero-order valence-corrected chi connectivity index (χ0v) is 18.7. The topological polar surface area (TPSA) is 60.7 Å². The fourth-order valence-electron chi connectivity index (χ4n) is 4.92. The maximum Gasteiger partial charge on any atom is 0.128 e. The van der Waals surface area contributed by atoms with E-state index in [9.17, 15) is 5.11 Å². The van der Waals surface area contributed by atoms with E-state index in [0.29, 0.717) is 6.54 Å². The maximum absolute atomic E-state index is 10.9. The molecule has 2 fully saturated rings. The van der Waals surface area contributed by atoms with E-state index in [1.807, 2.05) is 29.2 Å². The van der Waals surface area contributed by atoms with Crippen molar-refractivity contribution < 1.29 is 5.11 Å². The number of hydrogen-bond donors (Lipinski definition) is 1. The Morgan fingerprint density at radius 3 is 2.53 bits per heavy atom. The van der Waals surface area contributed by atoms with Crippen LogP contribution >= 0.6 is 0 Å². The summed E-state index contributed by atoms with van der Waals surface area (Å²) < 4.78 is 1.93. The number of benzene rings is 1. The molecule has 4 heterocycles. The van der Waals surface area contributed by atoms with E-state index < -0.39 is 0 Å². The van der Waals surface area contributed by atoms with Gasteiger partial charge in [-0.3, -0.25) is 9.80 Å². The minimum absolute atomic E-state index is 0.243. The Morgan fingerprint density at radius 1 is 1.00 bits per heavy atom. The van der Waals surface area contributed by atoms with Gasteiger partial charge in [0.25, 0.3) is 0 Å². The van der Waals surface area contributed by atoms with Crippen molar-refractivity contribution in [2.75, 3.05) is 44.2 Å². The number of rotatable bonds is 5. The Balaban J connectivity index is 1.13. The van der Waals surface area contributed by atoms with Crippen molar-refractivity contribution in [2.45, 2.75) is 32.0 Å². The van der Waals surface area contributed by atoms with Crippen LogP contribution in [-0.2, 0) is 6.54 Å². The summed E-state index contributed by atoms with van der Waals surface area (Å²) >= 11 is 0. The minimum atomic E-state index is -0.322. The molecule has 0 unspecified atom stereocenters. The van der Waals surface area contributed by atoms with Crippen LogP contribution in [0.15, 0.2) is 61.1 Å². The number of aryl methyl sites for hydroxylation is 1. The number of aliphatic hydroxyl groups excluding tert-OH is 1. The second kappa shape index (κ2) is 9.40. The van der Waals surface area contributed by atoms with Gasteiger partial charge in [0.15, 0.2) is 0 Å². The van der Waals surface area contributed by atoms with E-state index in [1.54, 1.807) is 0 Å². The van der Waals surface area contributed by atoms with Gasteiger partial charge in [0.2, 0.25) is 0 Å². The maximum atomic E-state index is 10.9. The monoisotopic (exact) mass is 432 g/mol. The number of hydrogen-bond acceptors (Lipinski definition) is 6. The Labute approximate surface area is 189 Å². The quantitative estimate of drug-likeness (QED) is 0.668. The SMILES string of the molecule is Cc1ccc(-n2cc(CN3CC[C@@H](N4CCN(c5ccccn5)CC4)[C@H](O)C3)cn2)cc1. The highest BCUT2D eigenvalue weighted by Crippen LogP contribution is 2.22. The molecule has 2 atom stereocenters. The van der Waals surface area contributed by atoms with Crippen LogP contribution in [0, 0.1) is 6.92 Å². The third-order valence-corrected chi connectivity index (χ3v) is 6.73. The Hall–Kier alpha value is -2.74. The molecule has 7 heteroatoms. The van der Waals surface area contributed by atoms with E-state index in [0.717, 1.165) is 57.2 Å². The van der Waals surface area contributed by atoms with Gasteiger partial charge in [-0.05, 0) is 37.6 Å². The first kappa shape index (κ1) is 21.1. The second-order valence-electron chi connectivity index (χ2n) is 9.00. The predicted octanol–water partition coefficient (Wildman–Crippen LogP) is 2.33. The van der Waals surface area contributed by atoms with Gasteiger partial charge < -0.3 is 10.0 Å². The lowest BCUT2D eigenvalue weighted by atomic mass is 9.99. The van der Waals surface area contributed by atoms with E-state index in [1.165, 1.54) is 11.1 Å². The molecular formula is C25H32N6O. The van der Waals surface area contributed by atoms with Gasteiger partial charge >= 0.3 is 0 Å². The van der Waals surface area contributed by atoms with Crippen molar-refractivity contribution in [2.24, 2.45) is 0 Å². The number of anilines is 1. The smallest absolute Gasteiger partial charge is 0.128 e. The first-order valence-corrected chi connectivity index (χ1v) is 11.6. The van der Waals surface area contributed by atoms with Gasteiger partial charge in [-0.2, -0.15) is 5.10 Å². The van der Waals surface area contributed by atoms with Crippen LogP contribution in [0.25, 0.3) is 5.69 Å². The average Bonchev–Trinajstić information content (AvgIpc) is 3.29. The summed E-state index contributed by atoms with van der Waals surface area (Å²) in [5, 5.41) is 15.5. The van der Waals surface area contributed by atoms with Crippen molar-refractivity contribution in [1.82, 2.24) is 24.6 Å².